The first kappa shape index (κ1) is 25.5. The van der Waals surface area contributed by atoms with E-state index in [0.29, 0.717) is 24.5 Å². The van der Waals surface area contributed by atoms with Crippen molar-refractivity contribution in [3.05, 3.63) is 95.2 Å². The van der Waals surface area contributed by atoms with E-state index in [1.807, 2.05) is 62.4 Å². The van der Waals surface area contributed by atoms with E-state index in [1.165, 1.54) is 11.1 Å². The van der Waals surface area contributed by atoms with Gasteiger partial charge in [0, 0.05) is 23.2 Å². The van der Waals surface area contributed by atoms with Crippen LogP contribution in [0.1, 0.15) is 34.1 Å². The Morgan fingerprint density at radius 2 is 1.78 bits per heavy atom. The zero-order valence-electron chi connectivity index (χ0n) is 21.2. The minimum Gasteiger partial charge on any atom is -0.491 e. The fourth-order valence-corrected chi connectivity index (χ4v) is 4.46. The molecule has 0 aliphatic heterocycles. The highest BCUT2D eigenvalue weighted by molar-refractivity contribution is 6.07. The molecule has 36 heavy (non-hydrogen) atoms. The summed E-state index contributed by atoms with van der Waals surface area (Å²) in [4.78, 5) is 12.9. The summed E-state index contributed by atoms with van der Waals surface area (Å²) in [5.74, 6) is 0.258. The van der Waals surface area contributed by atoms with Crippen LogP contribution in [-0.4, -0.2) is 48.1 Å². The Kier molecular flexibility index (Phi) is 8.41. The molecule has 4 rings (SSSR count). The fraction of sp³-hybridized carbons (Fsp3) is 0.300. The van der Waals surface area contributed by atoms with Crippen molar-refractivity contribution in [3.8, 4) is 11.4 Å². The van der Waals surface area contributed by atoms with Crippen LogP contribution < -0.4 is 10.1 Å². The lowest BCUT2D eigenvalue weighted by Gasteiger charge is -2.12. The number of fused-ring (bicyclic) bond motifs is 1. The predicted octanol–water partition coefficient (Wildman–Crippen LogP) is 3.97. The van der Waals surface area contributed by atoms with Gasteiger partial charge in [-0.3, -0.25) is 0 Å². The number of ether oxygens (including phenoxy) is 2. The molecule has 0 aliphatic carbocycles. The smallest absolute Gasteiger partial charge is 0.340 e. The standard InChI is InChI=1S/C30H34N2O4/c1-4-35-30(34)29-22(3)32(24-12-10-21(2)11-13-24)28-15-14-26(18-27(28)29)36-20-25(33)19-31-17-16-23-8-6-5-7-9-23/h5-15,18,25,31,33H,4,16-17,19-20H2,1-3H3/p+1. The van der Waals surface area contributed by atoms with Gasteiger partial charge in [0.15, 0.2) is 0 Å². The summed E-state index contributed by atoms with van der Waals surface area (Å²) >= 11 is 0. The van der Waals surface area contributed by atoms with Crippen molar-refractivity contribution in [1.29, 1.82) is 0 Å². The second-order valence-electron chi connectivity index (χ2n) is 9.04. The first-order valence-corrected chi connectivity index (χ1v) is 12.5. The van der Waals surface area contributed by atoms with E-state index in [9.17, 15) is 9.90 Å². The maximum atomic E-state index is 12.9. The highest BCUT2D eigenvalue weighted by atomic mass is 16.5. The molecule has 0 fully saturated rings. The molecule has 3 aromatic carbocycles. The number of quaternary nitrogens is 1. The largest absolute Gasteiger partial charge is 0.491 e. The second-order valence-corrected chi connectivity index (χ2v) is 9.04. The molecule has 0 aliphatic rings. The van der Waals surface area contributed by atoms with E-state index < -0.39 is 6.10 Å². The summed E-state index contributed by atoms with van der Waals surface area (Å²) < 4.78 is 13.4. The van der Waals surface area contributed by atoms with Crippen molar-refractivity contribution in [3.63, 3.8) is 0 Å². The van der Waals surface area contributed by atoms with Crippen LogP contribution >= 0.6 is 0 Å². The first-order chi connectivity index (χ1) is 17.5. The minimum absolute atomic E-state index is 0.180. The van der Waals surface area contributed by atoms with Crippen LogP contribution in [0.5, 0.6) is 5.75 Å². The number of nitrogens with two attached hydrogens (primary N) is 1. The maximum absolute atomic E-state index is 12.9. The molecule has 6 nitrogen and oxygen atoms in total. The molecule has 6 heteroatoms. The van der Waals surface area contributed by atoms with Gasteiger partial charge in [-0.1, -0.05) is 48.0 Å². The molecule has 1 unspecified atom stereocenters. The number of carbonyl (C=O) groups is 1. The minimum atomic E-state index is -0.597. The predicted molar refractivity (Wildman–Crippen MR) is 142 cm³/mol. The number of benzene rings is 3. The number of aromatic nitrogens is 1. The highest BCUT2D eigenvalue weighted by Gasteiger charge is 2.22. The van der Waals surface area contributed by atoms with E-state index >= 15 is 0 Å². The number of aliphatic hydroxyl groups excluding tert-OH is 1. The summed E-state index contributed by atoms with van der Waals surface area (Å²) in [7, 11) is 0. The van der Waals surface area contributed by atoms with Gasteiger partial charge in [-0.15, -0.1) is 0 Å². The van der Waals surface area contributed by atoms with E-state index in [-0.39, 0.29) is 12.6 Å². The van der Waals surface area contributed by atoms with E-state index in [0.717, 1.165) is 35.2 Å². The molecule has 3 N–H and O–H groups in total. The third-order valence-electron chi connectivity index (χ3n) is 6.31. The van der Waals surface area contributed by atoms with Gasteiger partial charge in [0.25, 0.3) is 0 Å². The SMILES string of the molecule is CCOC(=O)c1c(C)n(-c2ccc(C)cc2)c2ccc(OCC(O)C[NH2+]CCc3ccccc3)cc12. The lowest BCUT2D eigenvalue weighted by Crippen LogP contribution is -2.87. The third-order valence-corrected chi connectivity index (χ3v) is 6.31. The highest BCUT2D eigenvalue weighted by Crippen LogP contribution is 2.32. The lowest BCUT2D eigenvalue weighted by molar-refractivity contribution is -0.660. The number of aryl methyl sites for hydroxylation is 1. The second kappa shape index (κ2) is 11.9. The number of carbonyl (C=O) groups excluding carboxylic acids is 1. The molecular weight excluding hydrogens is 452 g/mol. The molecule has 4 aromatic rings. The Morgan fingerprint density at radius 3 is 2.50 bits per heavy atom. The summed E-state index contributed by atoms with van der Waals surface area (Å²) in [5, 5.41) is 13.3. The van der Waals surface area contributed by atoms with Crippen LogP contribution in [0, 0.1) is 13.8 Å². The van der Waals surface area contributed by atoms with Crippen LogP contribution in [0.15, 0.2) is 72.8 Å². The Bertz CT molecular complexity index is 1300. The summed E-state index contributed by atoms with van der Waals surface area (Å²) in [6, 6.07) is 24.2. The normalized spacial score (nSPS) is 12.0. The zero-order chi connectivity index (χ0) is 25.5. The average molecular weight is 488 g/mol. The molecular formula is C30H35N2O4+. The molecule has 0 saturated carbocycles. The van der Waals surface area contributed by atoms with Crippen molar-refractivity contribution in [2.75, 3.05) is 26.3 Å². The molecule has 0 radical (unpaired) electrons. The number of rotatable bonds is 11. The third kappa shape index (κ3) is 5.96. The van der Waals surface area contributed by atoms with Gasteiger partial charge in [-0.25, -0.2) is 4.79 Å². The van der Waals surface area contributed by atoms with Crippen molar-refractivity contribution < 1.29 is 24.7 Å². The van der Waals surface area contributed by atoms with E-state index in [2.05, 4.69) is 34.1 Å². The van der Waals surface area contributed by atoms with Crippen LogP contribution in [0.2, 0.25) is 0 Å². The molecule has 1 atom stereocenters. The maximum Gasteiger partial charge on any atom is 0.340 e. The van der Waals surface area contributed by atoms with Crippen molar-refractivity contribution >= 4 is 16.9 Å². The van der Waals surface area contributed by atoms with Gasteiger partial charge in [-0.2, -0.15) is 0 Å². The van der Waals surface area contributed by atoms with Gasteiger partial charge in [0.05, 0.1) is 24.2 Å². The number of nitrogens with zero attached hydrogens (tertiary/aromatic N) is 1. The number of aliphatic hydroxyl groups is 1. The van der Waals surface area contributed by atoms with E-state index in [1.54, 1.807) is 6.92 Å². The zero-order valence-corrected chi connectivity index (χ0v) is 21.2. The summed E-state index contributed by atoms with van der Waals surface area (Å²) in [6.07, 6.45) is 0.360. The first-order valence-electron chi connectivity index (χ1n) is 12.5. The molecule has 0 spiro atoms. The quantitative estimate of drug-likeness (QED) is 0.248. The summed E-state index contributed by atoms with van der Waals surface area (Å²) in [6.45, 7) is 7.74. The fourth-order valence-electron chi connectivity index (χ4n) is 4.46. The average Bonchev–Trinajstić information content (AvgIpc) is 3.17. The molecule has 0 saturated heterocycles. The van der Waals surface area contributed by atoms with Gasteiger partial charge in [0.1, 0.15) is 25.0 Å². The van der Waals surface area contributed by atoms with Crippen LogP contribution in [-0.2, 0) is 11.2 Å². The van der Waals surface area contributed by atoms with Gasteiger partial charge in [-0.05, 0) is 56.7 Å². The monoisotopic (exact) mass is 487 g/mol. The van der Waals surface area contributed by atoms with Gasteiger partial charge < -0.3 is 24.5 Å². The van der Waals surface area contributed by atoms with Crippen molar-refractivity contribution in [1.82, 2.24) is 4.57 Å². The van der Waals surface area contributed by atoms with E-state index in [4.69, 9.17) is 9.47 Å². The van der Waals surface area contributed by atoms with Crippen molar-refractivity contribution in [2.45, 2.75) is 33.3 Å². The topological polar surface area (TPSA) is 77.3 Å². The van der Waals surface area contributed by atoms with Crippen LogP contribution in [0.3, 0.4) is 0 Å². The Labute approximate surface area is 212 Å². The van der Waals surface area contributed by atoms with Crippen LogP contribution in [0.25, 0.3) is 16.6 Å². The number of hydrogen-bond acceptors (Lipinski definition) is 4. The molecule has 1 heterocycles. The number of esters is 1. The molecule has 188 valence electrons. The van der Waals surface area contributed by atoms with Crippen LogP contribution in [0.4, 0.5) is 0 Å². The van der Waals surface area contributed by atoms with Crippen molar-refractivity contribution in [2.24, 2.45) is 0 Å². The summed E-state index contributed by atoms with van der Waals surface area (Å²) in [5.41, 5.74) is 5.70. The van der Waals surface area contributed by atoms with Gasteiger partial charge >= 0.3 is 5.97 Å². The molecule has 0 bridgehead atoms. The molecule has 0 amide bonds. The Balaban J connectivity index is 1.47. The Morgan fingerprint density at radius 1 is 1.03 bits per heavy atom. The Hall–Kier alpha value is -3.61. The number of hydrogen-bond donors (Lipinski definition) is 2. The van der Waals surface area contributed by atoms with Gasteiger partial charge in [0.2, 0.25) is 0 Å². The molecule has 1 aromatic heterocycles. The lowest BCUT2D eigenvalue weighted by atomic mass is 10.1.